The van der Waals surface area contributed by atoms with Crippen molar-refractivity contribution in [1.29, 1.82) is 0 Å². The van der Waals surface area contributed by atoms with Gasteiger partial charge in [0.1, 0.15) is 5.82 Å². The van der Waals surface area contributed by atoms with Crippen molar-refractivity contribution in [2.24, 2.45) is 0 Å². The van der Waals surface area contributed by atoms with Crippen LogP contribution in [0.15, 0.2) is 24.3 Å². The van der Waals surface area contributed by atoms with Crippen LogP contribution >= 0.6 is 0 Å². The molecule has 0 spiro atoms. The Morgan fingerprint density at radius 2 is 1.55 bits per heavy atom. The van der Waals surface area contributed by atoms with Crippen LogP contribution < -0.4 is 19.3 Å². The number of hydrogen-bond donors (Lipinski definition) is 0. The standard InChI is InChI=1S/C23H31N5O3/c1-17-15-21(25-23(24-17)28-9-5-4-6-10-28)26-11-13-27(14-12-26)22(29)18-7-8-19(30-2)20(16-18)31-3/h7-8,15-16H,4-6,9-14H2,1-3H3. The molecule has 166 valence electrons. The van der Waals surface area contributed by atoms with Crippen molar-refractivity contribution in [1.82, 2.24) is 14.9 Å². The second-order valence-electron chi connectivity index (χ2n) is 8.06. The summed E-state index contributed by atoms with van der Waals surface area (Å²) in [5, 5.41) is 0. The molecule has 31 heavy (non-hydrogen) atoms. The summed E-state index contributed by atoms with van der Waals surface area (Å²) in [6.07, 6.45) is 3.68. The van der Waals surface area contributed by atoms with Crippen molar-refractivity contribution >= 4 is 17.7 Å². The minimum absolute atomic E-state index is 0.00785. The third kappa shape index (κ3) is 4.68. The molecule has 2 aliphatic rings. The lowest BCUT2D eigenvalue weighted by atomic mass is 10.1. The number of nitrogens with zero attached hydrogens (tertiary/aromatic N) is 5. The monoisotopic (exact) mass is 425 g/mol. The number of aromatic nitrogens is 2. The minimum Gasteiger partial charge on any atom is -0.493 e. The van der Waals surface area contributed by atoms with Crippen molar-refractivity contribution < 1.29 is 14.3 Å². The third-order valence-corrected chi connectivity index (χ3v) is 5.99. The summed E-state index contributed by atoms with van der Waals surface area (Å²) in [6, 6.07) is 7.34. The summed E-state index contributed by atoms with van der Waals surface area (Å²) in [5.41, 5.74) is 1.59. The molecule has 1 aromatic carbocycles. The van der Waals surface area contributed by atoms with Crippen molar-refractivity contribution in [2.75, 3.05) is 63.3 Å². The zero-order valence-electron chi connectivity index (χ0n) is 18.6. The Morgan fingerprint density at radius 3 is 2.23 bits per heavy atom. The van der Waals surface area contributed by atoms with Gasteiger partial charge in [0, 0.05) is 56.6 Å². The van der Waals surface area contributed by atoms with Crippen LogP contribution in [-0.2, 0) is 0 Å². The first-order valence-corrected chi connectivity index (χ1v) is 11.0. The van der Waals surface area contributed by atoms with Gasteiger partial charge in [-0.2, -0.15) is 4.98 Å². The first kappa shape index (κ1) is 21.2. The van der Waals surface area contributed by atoms with Crippen molar-refractivity contribution in [3.8, 4) is 11.5 Å². The Hall–Kier alpha value is -3.03. The molecule has 4 rings (SSSR count). The van der Waals surface area contributed by atoms with Gasteiger partial charge in [-0.05, 0) is 44.4 Å². The fourth-order valence-electron chi connectivity index (χ4n) is 4.22. The summed E-state index contributed by atoms with van der Waals surface area (Å²) in [5.74, 6) is 2.97. The molecule has 0 bridgehead atoms. The molecule has 8 heteroatoms. The highest BCUT2D eigenvalue weighted by molar-refractivity contribution is 5.95. The summed E-state index contributed by atoms with van der Waals surface area (Å²) < 4.78 is 10.6. The molecule has 2 fully saturated rings. The number of ether oxygens (including phenoxy) is 2. The predicted molar refractivity (Wildman–Crippen MR) is 120 cm³/mol. The Kier molecular flexibility index (Phi) is 6.44. The Balaban J connectivity index is 1.43. The Morgan fingerprint density at radius 1 is 0.839 bits per heavy atom. The van der Waals surface area contributed by atoms with E-state index in [0.29, 0.717) is 30.2 Å². The molecule has 1 amide bonds. The van der Waals surface area contributed by atoms with Gasteiger partial charge < -0.3 is 24.2 Å². The molecule has 0 atom stereocenters. The average Bonchev–Trinajstić information content (AvgIpc) is 2.83. The van der Waals surface area contributed by atoms with Crippen LogP contribution in [0.5, 0.6) is 11.5 Å². The maximum Gasteiger partial charge on any atom is 0.254 e. The molecule has 0 saturated carbocycles. The molecule has 2 aliphatic heterocycles. The molecule has 1 aromatic heterocycles. The van der Waals surface area contributed by atoms with Crippen LogP contribution in [0.3, 0.4) is 0 Å². The van der Waals surface area contributed by atoms with Gasteiger partial charge in [0.2, 0.25) is 5.95 Å². The van der Waals surface area contributed by atoms with Crippen LogP contribution in [0.4, 0.5) is 11.8 Å². The van der Waals surface area contributed by atoms with Gasteiger partial charge in [-0.25, -0.2) is 4.98 Å². The first-order chi connectivity index (χ1) is 15.1. The Labute approximate surface area is 183 Å². The molecule has 0 radical (unpaired) electrons. The lowest BCUT2D eigenvalue weighted by Gasteiger charge is -2.36. The molecule has 0 unspecified atom stereocenters. The maximum atomic E-state index is 13.0. The van der Waals surface area contributed by atoms with Gasteiger partial charge in [0.05, 0.1) is 14.2 Å². The number of anilines is 2. The Bertz CT molecular complexity index is 921. The number of benzene rings is 1. The number of rotatable bonds is 5. The first-order valence-electron chi connectivity index (χ1n) is 11.0. The number of methoxy groups -OCH3 is 2. The second-order valence-corrected chi connectivity index (χ2v) is 8.06. The van der Waals surface area contributed by atoms with E-state index in [4.69, 9.17) is 14.5 Å². The van der Waals surface area contributed by atoms with Crippen molar-refractivity contribution in [3.05, 3.63) is 35.5 Å². The zero-order chi connectivity index (χ0) is 21.8. The molecule has 0 aliphatic carbocycles. The maximum absolute atomic E-state index is 13.0. The van der Waals surface area contributed by atoms with Crippen LogP contribution in [0.1, 0.15) is 35.3 Å². The largest absolute Gasteiger partial charge is 0.493 e. The number of piperidine rings is 1. The zero-order valence-corrected chi connectivity index (χ0v) is 18.6. The summed E-state index contributed by atoms with van der Waals surface area (Å²) in [4.78, 5) is 29.0. The van der Waals surface area contributed by atoms with Gasteiger partial charge in [0.25, 0.3) is 5.91 Å². The molecular weight excluding hydrogens is 394 g/mol. The number of aryl methyl sites for hydroxylation is 1. The molecule has 3 heterocycles. The van der Waals surface area contributed by atoms with Gasteiger partial charge in [0.15, 0.2) is 11.5 Å². The summed E-state index contributed by atoms with van der Waals surface area (Å²) in [7, 11) is 3.16. The average molecular weight is 426 g/mol. The lowest BCUT2D eigenvalue weighted by Crippen LogP contribution is -2.49. The van der Waals surface area contributed by atoms with E-state index >= 15 is 0 Å². The smallest absolute Gasteiger partial charge is 0.254 e. The van der Waals surface area contributed by atoms with Crippen molar-refractivity contribution in [2.45, 2.75) is 26.2 Å². The van der Waals surface area contributed by atoms with E-state index in [2.05, 4.69) is 14.8 Å². The summed E-state index contributed by atoms with van der Waals surface area (Å²) >= 11 is 0. The van der Waals surface area contributed by atoms with E-state index in [0.717, 1.165) is 43.6 Å². The quantitative estimate of drug-likeness (QED) is 0.729. The van der Waals surface area contributed by atoms with E-state index < -0.39 is 0 Å². The van der Waals surface area contributed by atoms with Gasteiger partial charge >= 0.3 is 0 Å². The van der Waals surface area contributed by atoms with Crippen LogP contribution in [-0.4, -0.2) is 74.3 Å². The molecule has 2 aromatic rings. The molecule has 0 N–H and O–H groups in total. The number of amides is 1. The molecule has 8 nitrogen and oxygen atoms in total. The fraction of sp³-hybridized carbons (Fsp3) is 0.522. The fourth-order valence-corrected chi connectivity index (χ4v) is 4.22. The normalized spacial score (nSPS) is 16.9. The third-order valence-electron chi connectivity index (χ3n) is 5.99. The van der Waals surface area contributed by atoms with Gasteiger partial charge in [-0.1, -0.05) is 0 Å². The van der Waals surface area contributed by atoms with E-state index in [1.54, 1.807) is 32.4 Å². The minimum atomic E-state index is 0.00785. The predicted octanol–water partition coefficient (Wildman–Crippen LogP) is 2.75. The highest BCUT2D eigenvalue weighted by Crippen LogP contribution is 2.28. The van der Waals surface area contributed by atoms with E-state index in [9.17, 15) is 4.79 Å². The number of hydrogen-bond acceptors (Lipinski definition) is 7. The second kappa shape index (κ2) is 9.41. The topological polar surface area (TPSA) is 71.0 Å². The van der Waals surface area contributed by atoms with E-state index in [1.165, 1.54) is 19.3 Å². The number of carbonyl (C=O) groups is 1. The van der Waals surface area contributed by atoms with E-state index in [-0.39, 0.29) is 5.91 Å². The highest BCUT2D eigenvalue weighted by Gasteiger charge is 2.25. The van der Waals surface area contributed by atoms with Gasteiger partial charge in [-0.15, -0.1) is 0 Å². The molecular formula is C23H31N5O3. The molecule has 2 saturated heterocycles. The highest BCUT2D eigenvalue weighted by atomic mass is 16.5. The number of piperazine rings is 1. The SMILES string of the molecule is COc1ccc(C(=O)N2CCN(c3cc(C)nc(N4CCCCC4)n3)CC2)cc1OC. The van der Waals surface area contributed by atoms with Gasteiger partial charge in [-0.3, -0.25) is 4.79 Å². The number of carbonyl (C=O) groups excluding carboxylic acids is 1. The van der Waals surface area contributed by atoms with E-state index in [1.807, 2.05) is 17.9 Å². The van der Waals surface area contributed by atoms with Crippen molar-refractivity contribution in [3.63, 3.8) is 0 Å². The van der Waals surface area contributed by atoms with Crippen LogP contribution in [0.2, 0.25) is 0 Å². The lowest BCUT2D eigenvalue weighted by molar-refractivity contribution is 0.0746. The van der Waals surface area contributed by atoms with Crippen LogP contribution in [0.25, 0.3) is 0 Å². The van der Waals surface area contributed by atoms with Crippen LogP contribution in [0, 0.1) is 6.92 Å². The summed E-state index contributed by atoms with van der Waals surface area (Å²) in [6.45, 7) is 6.86.